The number of fused-ring (bicyclic) bond motifs is 1. The van der Waals surface area contributed by atoms with Crippen molar-refractivity contribution < 1.29 is 9.84 Å². The fraction of sp³-hybridized carbons (Fsp3) is 0.273. The zero-order valence-electron chi connectivity index (χ0n) is 16.5. The van der Waals surface area contributed by atoms with Gasteiger partial charge in [-0.3, -0.25) is 4.79 Å². The Kier molecular flexibility index (Phi) is 4.55. The first-order valence-electron chi connectivity index (χ1n) is 9.89. The van der Waals surface area contributed by atoms with Crippen molar-refractivity contribution in [3.63, 3.8) is 0 Å². The monoisotopic (exact) mass is 403 g/mol. The van der Waals surface area contributed by atoms with E-state index < -0.39 is 0 Å². The fourth-order valence-electron chi connectivity index (χ4n) is 3.84. The van der Waals surface area contributed by atoms with E-state index in [2.05, 4.69) is 15.3 Å². The van der Waals surface area contributed by atoms with Crippen molar-refractivity contribution in [2.24, 2.45) is 7.05 Å². The normalized spacial score (nSPS) is 15.0. The van der Waals surface area contributed by atoms with E-state index >= 15 is 0 Å². The predicted molar refractivity (Wildman–Crippen MR) is 112 cm³/mol. The van der Waals surface area contributed by atoms with Gasteiger partial charge in [0.1, 0.15) is 5.75 Å². The van der Waals surface area contributed by atoms with Gasteiger partial charge in [0.05, 0.1) is 17.9 Å². The van der Waals surface area contributed by atoms with E-state index in [1.807, 2.05) is 22.9 Å². The summed E-state index contributed by atoms with van der Waals surface area (Å²) in [6.07, 6.45) is 5.31. The lowest BCUT2D eigenvalue weighted by Crippen LogP contribution is -2.20. The van der Waals surface area contributed by atoms with Gasteiger partial charge in [-0.05, 0) is 48.2 Å². The number of ether oxygens (including phenoxy) is 1. The average molecular weight is 403 g/mol. The van der Waals surface area contributed by atoms with Crippen LogP contribution < -0.4 is 5.56 Å². The summed E-state index contributed by atoms with van der Waals surface area (Å²) >= 11 is 0. The van der Waals surface area contributed by atoms with Crippen molar-refractivity contribution in [3.8, 4) is 28.1 Å². The molecule has 1 fully saturated rings. The Labute approximate surface area is 172 Å². The molecule has 3 aromatic heterocycles. The van der Waals surface area contributed by atoms with Gasteiger partial charge < -0.3 is 14.4 Å². The molecular weight excluding hydrogens is 382 g/mol. The molecule has 0 spiro atoms. The van der Waals surface area contributed by atoms with Gasteiger partial charge in [-0.25, -0.2) is 4.68 Å². The van der Waals surface area contributed by atoms with Crippen LogP contribution >= 0.6 is 0 Å². The van der Waals surface area contributed by atoms with Crippen LogP contribution in [-0.4, -0.2) is 42.9 Å². The third kappa shape index (κ3) is 3.25. The second kappa shape index (κ2) is 7.38. The van der Waals surface area contributed by atoms with E-state index in [0.29, 0.717) is 11.3 Å². The number of aryl methyl sites for hydroxylation is 1. The molecule has 0 radical (unpaired) electrons. The van der Waals surface area contributed by atoms with Crippen LogP contribution in [0.3, 0.4) is 0 Å². The highest BCUT2D eigenvalue weighted by Gasteiger charge is 2.20. The summed E-state index contributed by atoms with van der Waals surface area (Å²) in [6.45, 7) is 1.45. The van der Waals surface area contributed by atoms with Gasteiger partial charge in [-0.15, -0.1) is 10.2 Å². The average Bonchev–Trinajstić information content (AvgIpc) is 3.19. The van der Waals surface area contributed by atoms with Crippen LogP contribution in [0.2, 0.25) is 0 Å². The first kappa shape index (κ1) is 18.5. The van der Waals surface area contributed by atoms with Crippen molar-refractivity contribution in [3.05, 3.63) is 59.1 Å². The Balaban J connectivity index is 1.49. The molecule has 0 bridgehead atoms. The second-order valence-electron chi connectivity index (χ2n) is 7.54. The molecule has 152 valence electrons. The second-order valence-corrected chi connectivity index (χ2v) is 7.54. The molecule has 0 atom stereocenters. The van der Waals surface area contributed by atoms with Crippen LogP contribution in [0.1, 0.15) is 18.9 Å². The lowest BCUT2D eigenvalue weighted by molar-refractivity contribution is 0.0673. The molecule has 5 rings (SSSR count). The number of pyridine rings is 1. The van der Waals surface area contributed by atoms with Gasteiger partial charge in [0.2, 0.25) is 0 Å². The molecule has 0 saturated carbocycles. The molecule has 0 amide bonds. The summed E-state index contributed by atoms with van der Waals surface area (Å²) < 4.78 is 8.86. The molecule has 8 heteroatoms. The van der Waals surface area contributed by atoms with Gasteiger partial charge in [0, 0.05) is 43.5 Å². The summed E-state index contributed by atoms with van der Waals surface area (Å²) in [4.78, 5) is 11.9. The maximum atomic E-state index is 11.9. The number of nitrogens with zero attached hydrogens (tertiary/aromatic N) is 5. The highest BCUT2D eigenvalue weighted by atomic mass is 16.5. The smallest absolute Gasteiger partial charge is 0.250 e. The molecule has 1 aliphatic rings. The number of hydrogen-bond acceptors (Lipinski definition) is 6. The Bertz CT molecular complexity index is 1290. The van der Waals surface area contributed by atoms with Crippen LogP contribution in [0.25, 0.3) is 33.4 Å². The lowest BCUT2D eigenvalue weighted by atomic mass is 10.0. The molecule has 8 nitrogen and oxygen atoms in total. The minimum absolute atomic E-state index is 0.0821. The molecule has 0 unspecified atom stereocenters. The summed E-state index contributed by atoms with van der Waals surface area (Å²) in [5.41, 5.74) is 3.29. The number of rotatable bonds is 3. The van der Waals surface area contributed by atoms with Crippen LogP contribution in [0, 0.1) is 0 Å². The van der Waals surface area contributed by atoms with Gasteiger partial charge >= 0.3 is 0 Å². The predicted octanol–water partition coefficient (Wildman–Crippen LogP) is 2.92. The molecular formula is C22H21N5O3. The molecule has 1 saturated heterocycles. The number of phenols is 1. The minimum Gasteiger partial charge on any atom is -0.507 e. The number of phenolic OH excluding ortho intramolecular Hbond substituents is 1. The highest BCUT2D eigenvalue weighted by Crippen LogP contribution is 2.33. The molecule has 4 heterocycles. The maximum Gasteiger partial charge on any atom is 0.250 e. The molecule has 1 aromatic carbocycles. The lowest BCUT2D eigenvalue weighted by Gasteiger charge is -2.22. The molecule has 30 heavy (non-hydrogen) atoms. The molecule has 0 aliphatic carbocycles. The molecule has 4 aromatic rings. The van der Waals surface area contributed by atoms with Crippen LogP contribution in [0.5, 0.6) is 5.75 Å². The van der Waals surface area contributed by atoms with Crippen LogP contribution in [0.15, 0.2) is 53.6 Å². The van der Waals surface area contributed by atoms with Crippen LogP contribution in [-0.2, 0) is 11.8 Å². The topological polar surface area (TPSA) is 95.1 Å². The number of hydrogen-bond donors (Lipinski definition) is 1. The van der Waals surface area contributed by atoms with Gasteiger partial charge in [-0.1, -0.05) is 6.07 Å². The van der Waals surface area contributed by atoms with Gasteiger partial charge in [0.25, 0.3) is 5.56 Å². The molecule has 1 aliphatic heterocycles. The minimum atomic E-state index is -0.103. The van der Waals surface area contributed by atoms with E-state index in [1.165, 1.54) is 4.57 Å². The van der Waals surface area contributed by atoms with Gasteiger partial charge in [0.15, 0.2) is 5.65 Å². The summed E-state index contributed by atoms with van der Waals surface area (Å²) in [5, 5.41) is 24.7. The van der Waals surface area contributed by atoms with E-state index in [-0.39, 0.29) is 17.4 Å². The summed E-state index contributed by atoms with van der Waals surface area (Å²) in [5.74, 6) is 0.0821. The largest absolute Gasteiger partial charge is 0.507 e. The highest BCUT2D eigenvalue weighted by molar-refractivity contribution is 5.81. The number of aromatic nitrogens is 5. The van der Waals surface area contributed by atoms with Crippen molar-refractivity contribution >= 4 is 11.0 Å². The van der Waals surface area contributed by atoms with Crippen molar-refractivity contribution in [2.45, 2.75) is 18.9 Å². The van der Waals surface area contributed by atoms with E-state index in [9.17, 15) is 9.90 Å². The third-order valence-electron chi connectivity index (χ3n) is 5.59. The Morgan fingerprint density at radius 2 is 1.87 bits per heavy atom. The molecule has 1 N–H and O–H groups in total. The van der Waals surface area contributed by atoms with Crippen molar-refractivity contribution in [1.82, 2.24) is 24.5 Å². The third-order valence-corrected chi connectivity index (χ3v) is 5.59. The van der Waals surface area contributed by atoms with Gasteiger partial charge in [-0.2, -0.15) is 5.10 Å². The maximum absolute atomic E-state index is 11.9. The summed E-state index contributed by atoms with van der Waals surface area (Å²) in [6, 6.07) is 10.8. The zero-order chi connectivity index (χ0) is 20.7. The first-order valence-corrected chi connectivity index (χ1v) is 9.89. The van der Waals surface area contributed by atoms with Crippen molar-refractivity contribution in [2.75, 3.05) is 13.2 Å². The number of aromatic hydroxyl groups is 1. The fourth-order valence-corrected chi connectivity index (χ4v) is 3.84. The standard InChI is InChI=1S/C22H21N5O3/c1-26-7-4-15(12-21(26)29)14-2-3-18(20(28)11-14)19-10-16-13-23-27(22(16)25-24-19)17-5-8-30-9-6-17/h2-4,7,10-13,17,28H,5-6,8-9H2,1H3. The van der Waals surface area contributed by atoms with E-state index in [4.69, 9.17) is 4.74 Å². The van der Waals surface area contributed by atoms with Crippen molar-refractivity contribution in [1.29, 1.82) is 0 Å². The Morgan fingerprint density at radius 3 is 2.63 bits per heavy atom. The Morgan fingerprint density at radius 1 is 1.07 bits per heavy atom. The number of benzene rings is 1. The Hall–Kier alpha value is -3.52. The van der Waals surface area contributed by atoms with Crippen LogP contribution in [0.4, 0.5) is 0 Å². The van der Waals surface area contributed by atoms with E-state index in [1.54, 1.807) is 37.6 Å². The SMILES string of the molecule is Cn1ccc(-c2ccc(-c3cc4cnn(C5CCOCC5)c4nn3)c(O)c2)cc1=O. The quantitative estimate of drug-likeness (QED) is 0.565. The zero-order valence-corrected chi connectivity index (χ0v) is 16.5. The first-order chi connectivity index (χ1) is 14.6. The summed E-state index contributed by atoms with van der Waals surface area (Å²) in [7, 11) is 1.70. The van der Waals surface area contributed by atoms with E-state index in [0.717, 1.165) is 48.2 Å².